The number of hydrogen-bond donors (Lipinski definition) is 2. The molecule has 22 heavy (non-hydrogen) atoms. The number of unbranched alkanes of at least 4 members (excludes halogenated alkanes) is 4. The molecule has 2 N–H and O–H groups in total. The third-order valence-corrected chi connectivity index (χ3v) is 4.36. The Bertz CT molecular complexity index is 494. The van der Waals surface area contributed by atoms with Crippen LogP contribution >= 0.6 is 0 Å². The molecule has 0 bridgehead atoms. The molecule has 2 rings (SSSR count). The van der Waals surface area contributed by atoms with E-state index in [4.69, 9.17) is 5.11 Å². The predicted octanol–water partition coefficient (Wildman–Crippen LogP) is 3.26. The Morgan fingerprint density at radius 2 is 1.64 bits per heavy atom. The maximum Gasteiger partial charge on any atom is 0.303 e. The van der Waals surface area contributed by atoms with Gasteiger partial charge in [-0.05, 0) is 31.2 Å². The lowest BCUT2D eigenvalue weighted by atomic mass is 9.95. The van der Waals surface area contributed by atoms with Crippen LogP contribution < -0.4 is 5.32 Å². The first-order chi connectivity index (χ1) is 10.6. The summed E-state index contributed by atoms with van der Waals surface area (Å²) in [7, 11) is 0. The van der Waals surface area contributed by atoms with Gasteiger partial charge in [0.25, 0.3) is 0 Å². The number of benzene rings is 1. The summed E-state index contributed by atoms with van der Waals surface area (Å²) < 4.78 is 0. The SMILES string of the molecule is O=C(O)CCCCCCCNC(=O)C1(c2ccccc2)CC1. The van der Waals surface area contributed by atoms with Crippen molar-refractivity contribution >= 4 is 11.9 Å². The fraction of sp³-hybridized carbons (Fsp3) is 0.556. The lowest BCUT2D eigenvalue weighted by Gasteiger charge is -2.15. The molecule has 0 heterocycles. The summed E-state index contributed by atoms with van der Waals surface area (Å²) >= 11 is 0. The number of rotatable bonds is 10. The van der Waals surface area contributed by atoms with Gasteiger partial charge in [-0.15, -0.1) is 0 Å². The van der Waals surface area contributed by atoms with E-state index in [1.807, 2.05) is 30.3 Å². The summed E-state index contributed by atoms with van der Waals surface area (Å²) in [6, 6.07) is 10.0. The Morgan fingerprint density at radius 1 is 1.00 bits per heavy atom. The van der Waals surface area contributed by atoms with Crippen LogP contribution in [0.3, 0.4) is 0 Å². The molecule has 0 saturated heterocycles. The van der Waals surface area contributed by atoms with Crippen LogP contribution in [0.15, 0.2) is 30.3 Å². The number of hydrogen-bond acceptors (Lipinski definition) is 2. The number of aliphatic carboxylic acids is 1. The van der Waals surface area contributed by atoms with Gasteiger partial charge in [-0.25, -0.2) is 0 Å². The Hall–Kier alpha value is -1.84. The Labute approximate surface area is 131 Å². The first kappa shape index (κ1) is 16.5. The molecule has 120 valence electrons. The molecule has 1 aromatic carbocycles. The maximum absolute atomic E-state index is 12.4. The smallest absolute Gasteiger partial charge is 0.303 e. The minimum Gasteiger partial charge on any atom is -0.481 e. The number of nitrogens with one attached hydrogen (secondary N) is 1. The molecule has 4 heteroatoms. The van der Waals surface area contributed by atoms with Crippen LogP contribution in [0.1, 0.15) is 56.9 Å². The molecule has 1 fully saturated rings. The summed E-state index contributed by atoms with van der Waals surface area (Å²) in [6.45, 7) is 0.715. The van der Waals surface area contributed by atoms with E-state index in [2.05, 4.69) is 5.32 Å². The van der Waals surface area contributed by atoms with E-state index >= 15 is 0 Å². The third-order valence-electron chi connectivity index (χ3n) is 4.36. The third kappa shape index (κ3) is 4.58. The van der Waals surface area contributed by atoms with E-state index in [0.717, 1.165) is 50.5 Å². The van der Waals surface area contributed by atoms with Gasteiger partial charge in [-0.2, -0.15) is 0 Å². The predicted molar refractivity (Wildman–Crippen MR) is 85.7 cm³/mol. The second kappa shape index (κ2) is 7.97. The highest BCUT2D eigenvalue weighted by Crippen LogP contribution is 2.48. The summed E-state index contributed by atoms with van der Waals surface area (Å²) in [4.78, 5) is 22.7. The quantitative estimate of drug-likeness (QED) is 0.652. The molecule has 0 atom stereocenters. The minimum atomic E-state index is -0.720. The van der Waals surface area contributed by atoms with Gasteiger partial charge >= 0.3 is 5.97 Å². The van der Waals surface area contributed by atoms with E-state index in [-0.39, 0.29) is 17.7 Å². The second-order valence-corrected chi connectivity index (χ2v) is 6.12. The maximum atomic E-state index is 12.4. The average molecular weight is 303 g/mol. The van der Waals surface area contributed by atoms with Crippen LogP contribution in [0.2, 0.25) is 0 Å². The zero-order chi connectivity index (χ0) is 15.8. The monoisotopic (exact) mass is 303 g/mol. The van der Waals surface area contributed by atoms with Gasteiger partial charge in [0.05, 0.1) is 5.41 Å². The first-order valence-electron chi connectivity index (χ1n) is 8.21. The van der Waals surface area contributed by atoms with Crippen molar-refractivity contribution in [2.75, 3.05) is 6.54 Å². The number of carbonyl (C=O) groups excluding carboxylic acids is 1. The summed E-state index contributed by atoms with van der Waals surface area (Å²) in [5, 5.41) is 11.6. The molecule has 1 aliphatic rings. The van der Waals surface area contributed by atoms with E-state index in [1.54, 1.807) is 0 Å². The Kier molecular flexibility index (Phi) is 5.99. The molecule has 0 aliphatic heterocycles. The molecule has 1 aliphatic carbocycles. The zero-order valence-electron chi connectivity index (χ0n) is 13.0. The Balaban J connectivity index is 1.60. The zero-order valence-corrected chi connectivity index (χ0v) is 13.0. The molecule has 1 aromatic rings. The molecule has 4 nitrogen and oxygen atoms in total. The summed E-state index contributed by atoms with van der Waals surface area (Å²) in [5.74, 6) is -0.563. The van der Waals surface area contributed by atoms with Gasteiger partial charge < -0.3 is 10.4 Å². The number of carbonyl (C=O) groups is 2. The van der Waals surface area contributed by atoms with Gasteiger partial charge in [0.1, 0.15) is 0 Å². The van der Waals surface area contributed by atoms with Gasteiger partial charge in [-0.3, -0.25) is 9.59 Å². The van der Waals surface area contributed by atoms with Crippen molar-refractivity contribution in [3.05, 3.63) is 35.9 Å². The van der Waals surface area contributed by atoms with Crippen LogP contribution in [0, 0.1) is 0 Å². The molecule has 1 amide bonds. The highest BCUT2D eigenvalue weighted by Gasteiger charge is 2.50. The molecular weight excluding hydrogens is 278 g/mol. The molecule has 1 saturated carbocycles. The van der Waals surface area contributed by atoms with E-state index in [9.17, 15) is 9.59 Å². The van der Waals surface area contributed by atoms with Crippen molar-refractivity contribution in [2.24, 2.45) is 0 Å². The van der Waals surface area contributed by atoms with Crippen LogP contribution in [-0.4, -0.2) is 23.5 Å². The highest BCUT2D eigenvalue weighted by atomic mass is 16.4. The first-order valence-corrected chi connectivity index (χ1v) is 8.21. The lowest BCUT2D eigenvalue weighted by molar-refractivity contribution is -0.137. The molecule has 0 unspecified atom stereocenters. The fourth-order valence-electron chi connectivity index (χ4n) is 2.83. The molecule has 0 spiro atoms. The van der Waals surface area contributed by atoms with Gasteiger partial charge in [-0.1, -0.05) is 49.6 Å². The number of amides is 1. The van der Waals surface area contributed by atoms with Gasteiger partial charge in [0.2, 0.25) is 5.91 Å². The highest BCUT2D eigenvalue weighted by molar-refractivity contribution is 5.91. The van der Waals surface area contributed by atoms with Crippen molar-refractivity contribution in [1.29, 1.82) is 0 Å². The van der Waals surface area contributed by atoms with Crippen molar-refractivity contribution in [3.63, 3.8) is 0 Å². The number of carboxylic acids is 1. The summed E-state index contributed by atoms with van der Waals surface area (Å²) in [5.41, 5.74) is 0.851. The van der Waals surface area contributed by atoms with E-state index in [0.29, 0.717) is 6.54 Å². The topological polar surface area (TPSA) is 66.4 Å². The molecular formula is C18H25NO3. The summed E-state index contributed by atoms with van der Waals surface area (Å²) in [6.07, 6.45) is 6.88. The van der Waals surface area contributed by atoms with Crippen LogP contribution in [-0.2, 0) is 15.0 Å². The van der Waals surface area contributed by atoms with Crippen molar-refractivity contribution in [3.8, 4) is 0 Å². The van der Waals surface area contributed by atoms with Gasteiger partial charge in [0.15, 0.2) is 0 Å². The van der Waals surface area contributed by atoms with Crippen LogP contribution in [0.5, 0.6) is 0 Å². The van der Waals surface area contributed by atoms with Crippen molar-refractivity contribution < 1.29 is 14.7 Å². The van der Waals surface area contributed by atoms with E-state index < -0.39 is 5.97 Å². The standard InChI is InChI=1S/C18H25NO3/c20-16(21)11-7-2-1-3-8-14-19-17(22)18(12-13-18)15-9-5-4-6-10-15/h4-6,9-10H,1-3,7-8,11-14H2,(H,19,22)(H,20,21). The second-order valence-electron chi connectivity index (χ2n) is 6.12. The largest absolute Gasteiger partial charge is 0.481 e. The average Bonchev–Trinajstić information content (AvgIpc) is 3.32. The van der Waals surface area contributed by atoms with Crippen LogP contribution in [0.4, 0.5) is 0 Å². The normalized spacial score (nSPS) is 15.3. The number of carboxylic acid groups (broad SMARTS) is 1. The van der Waals surface area contributed by atoms with Gasteiger partial charge in [0, 0.05) is 13.0 Å². The fourth-order valence-corrected chi connectivity index (χ4v) is 2.83. The Morgan fingerprint density at radius 3 is 2.27 bits per heavy atom. The minimum absolute atomic E-state index is 0.157. The van der Waals surface area contributed by atoms with Crippen molar-refractivity contribution in [2.45, 2.75) is 56.8 Å². The molecule has 0 aromatic heterocycles. The van der Waals surface area contributed by atoms with Crippen LogP contribution in [0.25, 0.3) is 0 Å². The molecule has 0 radical (unpaired) electrons. The van der Waals surface area contributed by atoms with Crippen molar-refractivity contribution in [1.82, 2.24) is 5.32 Å². The lowest BCUT2D eigenvalue weighted by Crippen LogP contribution is -2.35. The van der Waals surface area contributed by atoms with E-state index in [1.165, 1.54) is 0 Å².